The van der Waals surface area contributed by atoms with Crippen LogP contribution in [0.3, 0.4) is 0 Å². The molecule has 1 amide bonds. The Hall–Kier alpha value is -1.46. The molecule has 0 spiro atoms. The molecule has 0 rings (SSSR count). The monoisotopic (exact) mass is 174 g/mol. The number of likely N-dealkylation sites (N-methyl/N-ethyl adjacent to an activating group) is 2. The van der Waals surface area contributed by atoms with Crippen molar-refractivity contribution in [2.75, 3.05) is 20.1 Å². The van der Waals surface area contributed by atoms with E-state index >= 15 is 0 Å². The summed E-state index contributed by atoms with van der Waals surface area (Å²) >= 11 is 0. The average Bonchev–Trinajstić information content (AvgIpc) is 2.12. The van der Waals surface area contributed by atoms with E-state index in [0.29, 0.717) is 6.54 Å². The highest BCUT2D eigenvalue weighted by Gasteiger charge is 2.09. The maximum absolute atomic E-state index is 10.9. The summed E-state index contributed by atoms with van der Waals surface area (Å²) in [6.45, 7) is 2.42. The fraction of sp³-hybridized carbons (Fsp3) is 0.667. The van der Waals surface area contributed by atoms with Gasteiger partial charge in [0.15, 0.2) is 0 Å². The Kier molecular flexibility index (Phi) is 4.59. The van der Waals surface area contributed by atoms with Crippen LogP contribution in [-0.4, -0.2) is 42.1 Å². The highest BCUT2D eigenvalue weighted by Crippen LogP contribution is 1.85. The molecule has 0 aromatic heterocycles. The molecule has 6 nitrogen and oxygen atoms in total. The number of rotatable bonds is 3. The third-order valence-electron chi connectivity index (χ3n) is 1.42. The molecule has 6 heteroatoms. The molecule has 0 aromatic rings. The van der Waals surface area contributed by atoms with Crippen molar-refractivity contribution in [3.05, 3.63) is 0 Å². The van der Waals surface area contributed by atoms with Crippen molar-refractivity contribution >= 4 is 11.9 Å². The Bertz CT molecular complexity index is 180. The third kappa shape index (κ3) is 3.09. The smallest absolute Gasteiger partial charge is 0.239 e. The van der Waals surface area contributed by atoms with Crippen molar-refractivity contribution in [3.63, 3.8) is 0 Å². The van der Waals surface area contributed by atoms with Crippen LogP contribution in [0, 0.1) is 0 Å². The lowest BCUT2D eigenvalue weighted by Gasteiger charge is -2.18. The van der Waals surface area contributed by atoms with E-state index in [1.54, 1.807) is 6.92 Å². The first kappa shape index (κ1) is 10.5. The lowest BCUT2D eigenvalue weighted by Crippen LogP contribution is -2.43. The number of nitrogens with two attached hydrogens (primary N) is 1. The molecule has 0 bridgehead atoms. The fourth-order valence-electron chi connectivity index (χ4n) is 0.670. The second-order valence-corrected chi connectivity index (χ2v) is 2.15. The number of nitrogens with one attached hydrogen (secondary N) is 1. The number of amides is 1. The van der Waals surface area contributed by atoms with Crippen molar-refractivity contribution in [1.82, 2.24) is 10.2 Å². The van der Waals surface area contributed by atoms with Gasteiger partial charge < -0.3 is 21.2 Å². The van der Waals surface area contributed by atoms with Gasteiger partial charge in [-0.25, -0.2) is 0 Å². The quantitative estimate of drug-likeness (QED) is 0.216. The average molecular weight is 174 g/mol. The topological polar surface area (TPSA) is 91.0 Å². The van der Waals surface area contributed by atoms with Crippen LogP contribution in [0.4, 0.5) is 0 Å². The summed E-state index contributed by atoms with van der Waals surface area (Å²) in [5, 5.41) is 13.5. The predicted octanol–water partition coefficient (Wildman–Crippen LogP) is -1.24. The molecule has 12 heavy (non-hydrogen) atoms. The second kappa shape index (κ2) is 5.22. The number of carbonyl (C=O) groups is 1. The van der Waals surface area contributed by atoms with Gasteiger partial charge in [0.2, 0.25) is 11.9 Å². The summed E-state index contributed by atoms with van der Waals surface area (Å²) in [7, 11) is 1.53. The number of carbonyl (C=O) groups excluding carboxylic acids is 1. The number of oxime groups is 1. The molecule has 0 heterocycles. The van der Waals surface area contributed by atoms with Gasteiger partial charge in [-0.05, 0) is 6.92 Å². The zero-order valence-electron chi connectivity index (χ0n) is 7.24. The molecule has 0 aliphatic heterocycles. The number of nitrogens with zero attached hydrogens (tertiary/aromatic N) is 2. The summed E-state index contributed by atoms with van der Waals surface area (Å²) < 4.78 is 0. The van der Waals surface area contributed by atoms with Gasteiger partial charge in [-0.15, -0.1) is 0 Å². The van der Waals surface area contributed by atoms with Gasteiger partial charge in [-0.1, -0.05) is 5.16 Å². The molecule has 0 saturated heterocycles. The van der Waals surface area contributed by atoms with Crippen molar-refractivity contribution in [1.29, 1.82) is 0 Å². The number of hydrogen-bond acceptors (Lipinski definition) is 3. The van der Waals surface area contributed by atoms with Crippen LogP contribution >= 0.6 is 0 Å². The van der Waals surface area contributed by atoms with Gasteiger partial charge >= 0.3 is 0 Å². The maximum atomic E-state index is 10.9. The van der Waals surface area contributed by atoms with Gasteiger partial charge in [-0.2, -0.15) is 0 Å². The van der Waals surface area contributed by atoms with E-state index < -0.39 is 0 Å². The van der Waals surface area contributed by atoms with E-state index in [2.05, 4.69) is 10.5 Å². The summed E-state index contributed by atoms with van der Waals surface area (Å²) in [5.74, 6) is -0.232. The molecule has 70 valence electrons. The highest BCUT2D eigenvalue weighted by molar-refractivity contribution is 5.85. The van der Waals surface area contributed by atoms with Gasteiger partial charge in [0.05, 0.1) is 6.54 Å². The van der Waals surface area contributed by atoms with E-state index in [4.69, 9.17) is 10.9 Å². The minimum Gasteiger partial charge on any atom is -0.408 e. The minimum absolute atomic E-state index is 0.0545. The van der Waals surface area contributed by atoms with E-state index in [0.717, 1.165) is 0 Å². The Morgan fingerprint density at radius 1 is 1.75 bits per heavy atom. The molecule has 0 radical (unpaired) electrons. The zero-order chi connectivity index (χ0) is 9.56. The van der Waals surface area contributed by atoms with Crippen LogP contribution in [-0.2, 0) is 4.79 Å². The normalized spacial score (nSPS) is 11.0. The van der Waals surface area contributed by atoms with Gasteiger partial charge in [0, 0.05) is 13.6 Å². The van der Waals surface area contributed by atoms with Crippen LogP contribution in [0.5, 0.6) is 0 Å². The second-order valence-electron chi connectivity index (χ2n) is 2.15. The van der Waals surface area contributed by atoms with Crippen LogP contribution in [0.15, 0.2) is 5.16 Å². The van der Waals surface area contributed by atoms with Crippen LogP contribution in [0.1, 0.15) is 6.92 Å². The van der Waals surface area contributed by atoms with Crippen molar-refractivity contribution in [2.45, 2.75) is 6.92 Å². The lowest BCUT2D eigenvalue weighted by molar-refractivity contribution is -0.120. The Morgan fingerprint density at radius 2 is 2.33 bits per heavy atom. The van der Waals surface area contributed by atoms with Crippen LogP contribution < -0.4 is 11.1 Å². The summed E-state index contributed by atoms with van der Waals surface area (Å²) in [6, 6.07) is 0. The first-order valence-electron chi connectivity index (χ1n) is 3.58. The fourth-order valence-corrected chi connectivity index (χ4v) is 0.670. The molecule has 4 N–H and O–H groups in total. The number of guanidine groups is 1. The van der Waals surface area contributed by atoms with Crippen molar-refractivity contribution < 1.29 is 10.0 Å². The Balaban J connectivity index is 4.09. The molecule has 0 aliphatic rings. The molecule has 0 saturated carbocycles. The zero-order valence-corrected chi connectivity index (χ0v) is 7.24. The predicted molar refractivity (Wildman–Crippen MR) is 44.7 cm³/mol. The van der Waals surface area contributed by atoms with Crippen LogP contribution in [0.2, 0.25) is 0 Å². The Labute approximate surface area is 71.0 Å². The number of hydrogen-bond donors (Lipinski definition) is 3. The van der Waals surface area contributed by atoms with Gasteiger partial charge in [-0.3, -0.25) is 4.79 Å². The van der Waals surface area contributed by atoms with E-state index in [-0.39, 0.29) is 18.4 Å². The molecule has 0 fully saturated rings. The van der Waals surface area contributed by atoms with Crippen molar-refractivity contribution in [2.24, 2.45) is 10.9 Å². The summed E-state index contributed by atoms with van der Waals surface area (Å²) in [6.07, 6.45) is 0. The third-order valence-corrected chi connectivity index (χ3v) is 1.42. The van der Waals surface area contributed by atoms with Crippen molar-refractivity contribution in [3.8, 4) is 0 Å². The molecule has 0 aliphatic carbocycles. The summed E-state index contributed by atoms with van der Waals surface area (Å²) in [5.41, 5.74) is 5.28. The maximum Gasteiger partial charge on any atom is 0.239 e. The largest absolute Gasteiger partial charge is 0.408 e. The SMILES string of the molecule is CCN(CC(=O)NC)C(N)=NO. The molecule has 0 aromatic carbocycles. The first-order chi connectivity index (χ1) is 5.65. The molecule has 0 unspecified atom stereocenters. The van der Waals surface area contributed by atoms with Gasteiger partial charge in [0.25, 0.3) is 0 Å². The highest BCUT2D eigenvalue weighted by atomic mass is 16.4. The molecular formula is C6H14N4O2. The lowest BCUT2D eigenvalue weighted by atomic mass is 10.5. The van der Waals surface area contributed by atoms with E-state index in [1.165, 1.54) is 11.9 Å². The first-order valence-corrected chi connectivity index (χ1v) is 3.58. The van der Waals surface area contributed by atoms with E-state index in [1.807, 2.05) is 0 Å². The minimum atomic E-state index is -0.177. The molecular weight excluding hydrogens is 160 g/mol. The van der Waals surface area contributed by atoms with E-state index in [9.17, 15) is 4.79 Å². The Morgan fingerprint density at radius 3 is 2.67 bits per heavy atom. The summed E-state index contributed by atoms with van der Waals surface area (Å²) in [4.78, 5) is 12.3. The standard InChI is InChI=1S/C6H14N4O2/c1-3-10(6(7)9-12)4-5(11)8-2/h12H,3-4H2,1-2H3,(H2,7,9)(H,8,11). The van der Waals surface area contributed by atoms with Gasteiger partial charge in [0.1, 0.15) is 0 Å². The molecule has 0 atom stereocenters. The van der Waals surface area contributed by atoms with Crippen LogP contribution in [0.25, 0.3) is 0 Å².